The third-order valence-electron chi connectivity index (χ3n) is 4.37. The molecule has 1 unspecified atom stereocenters. The summed E-state index contributed by atoms with van der Waals surface area (Å²) in [5.74, 6) is -1.42. The topological polar surface area (TPSA) is 119 Å². The number of amides is 2. The number of nitrogens with one attached hydrogen (secondary N) is 2. The molecule has 4 rings (SSSR count). The standard InChI is InChI=1S/C20H16FN5O3S/c1-10-2-7-14-13(8-10)17(19(29)23-14)25-26-20-24-18(28)15(30-20)9-16(27)22-12-5-3-11(21)4-6-12/h2-8,15,23,29H,9H2,1H3,(H,22,27). The molecule has 30 heavy (non-hydrogen) atoms. The van der Waals surface area contributed by atoms with Crippen LogP contribution in [0.4, 0.5) is 15.8 Å². The van der Waals surface area contributed by atoms with E-state index in [2.05, 4.69) is 25.5 Å². The zero-order valence-electron chi connectivity index (χ0n) is 15.7. The normalized spacial score (nSPS) is 16.4. The number of hydrogen-bond donors (Lipinski definition) is 3. The average Bonchev–Trinajstić information content (AvgIpc) is 3.20. The van der Waals surface area contributed by atoms with Gasteiger partial charge in [-0.15, -0.1) is 10.2 Å². The maximum atomic E-state index is 12.9. The van der Waals surface area contributed by atoms with E-state index in [1.807, 2.05) is 25.1 Å². The number of aliphatic imine (C=N–C) groups is 1. The summed E-state index contributed by atoms with van der Waals surface area (Å²) in [6.07, 6.45) is -0.110. The first-order valence-corrected chi connectivity index (χ1v) is 9.84. The lowest BCUT2D eigenvalue weighted by Crippen LogP contribution is -2.21. The summed E-state index contributed by atoms with van der Waals surface area (Å²) in [5, 5.41) is 20.8. The number of anilines is 1. The lowest BCUT2D eigenvalue weighted by atomic mass is 10.2. The lowest BCUT2D eigenvalue weighted by Gasteiger charge is -2.07. The average molecular weight is 425 g/mol. The molecule has 3 aromatic rings. The number of fused-ring (bicyclic) bond motifs is 1. The number of benzene rings is 2. The molecule has 0 saturated carbocycles. The zero-order chi connectivity index (χ0) is 21.3. The van der Waals surface area contributed by atoms with Gasteiger partial charge in [-0.3, -0.25) is 9.59 Å². The zero-order valence-corrected chi connectivity index (χ0v) is 16.5. The summed E-state index contributed by atoms with van der Waals surface area (Å²) in [6.45, 7) is 1.92. The van der Waals surface area contributed by atoms with Crippen LogP contribution in [0.5, 0.6) is 5.88 Å². The number of azo groups is 1. The molecule has 0 bridgehead atoms. The number of rotatable bonds is 4. The number of H-pyrrole nitrogens is 1. The van der Waals surface area contributed by atoms with Gasteiger partial charge in [0.2, 0.25) is 17.0 Å². The molecule has 2 aromatic carbocycles. The van der Waals surface area contributed by atoms with E-state index in [1.54, 1.807) is 0 Å². The van der Waals surface area contributed by atoms with Crippen molar-refractivity contribution < 1.29 is 19.1 Å². The predicted molar refractivity (Wildman–Crippen MR) is 113 cm³/mol. The van der Waals surface area contributed by atoms with Crippen LogP contribution in [0.2, 0.25) is 0 Å². The van der Waals surface area contributed by atoms with Crippen molar-refractivity contribution in [1.29, 1.82) is 0 Å². The van der Waals surface area contributed by atoms with Crippen molar-refractivity contribution in [2.24, 2.45) is 15.2 Å². The number of halogens is 1. The van der Waals surface area contributed by atoms with Gasteiger partial charge in [0, 0.05) is 17.5 Å². The SMILES string of the molecule is Cc1ccc2[nH]c(O)c(N=NC3=NC(=O)C(CC(=O)Nc4ccc(F)cc4)S3)c2c1. The Morgan fingerprint density at radius 3 is 2.80 bits per heavy atom. The van der Waals surface area contributed by atoms with Crippen LogP contribution in [-0.4, -0.2) is 32.3 Å². The van der Waals surface area contributed by atoms with Crippen molar-refractivity contribution in [2.45, 2.75) is 18.6 Å². The van der Waals surface area contributed by atoms with Crippen molar-refractivity contribution in [2.75, 3.05) is 5.32 Å². The number of aromatic hydroxyl groups is 1. The van der Waals surface area contributed by atoms with E-state index in [-0.39, 0.29) is 23.2 Å². The number of thioether (sulfide) groups is 1. The highest BCUT2D eigenvalue weighted by Crippen LogP contribution is 2.36. The molecule has 2 heterocycles. The first-order valence-electron chi connectivity index (χ1n) is 8.96. The fourth-order valence-electron chi connectivity index (χ4n) is 2.93. The Kier molecular flexibility index (Phi) is 5.32. The largest absolute Gasteiger partial charge is 0.493 e. The molecule has 0 fully saturated rings. The minimum absolute atomic E-state index is 0.110. The van der Waals surface area contributed by atoms with Gasteiger partial charge in [-0.1, -0.05) is 23.4 Å². The van der Waals surface area contributed by atoms with Gasteiger partial charge in [-0.05, 0) is 43.3 Å². The second-order valence-electron chi connectivity index (χ2n) is 6.67. The molecule has 0 radical (unpaired) electrons. The van der Waals surface area contributed by atoms with Gasteiger partial charge in [0.25, 0.3) is 5.91 Å². The van der Waals surface area contributed by atoms with Crippen LogP contribution in [0.3, 0.4) is 0 Å². The Balaban J connectivity index is 1.42. The van der Waals surface area contributed by atoms with E-state index < -0.39 is 22.9 Å². The molecule has 0 spiro atoms. The summed E-state index contributed by atoms with van der Waals surface area (Å²) < 4.78 is 12.9. The van der Waals surface area contributed by atoms with E-state index in [4.69, 9.17) is 0 Å². The number of aromatic amines is 1. The van der Waals surface area contributed by atoms with Gasteiger partial charge in [0.15, 0.2) is 5.69 Å². The van der Waals surface area contributed by atoms with Gasteiger partial charge in [0.1, 0.15) is 11.1 Å². The molecule has 1 aromatic heterocycles. The molecule has 1 aliphatic rings. The molecule has 2 amide bonds. The highest BCUT2D eigenvalue weighted by molar-refractivity contribution is 8.15. The summed E-state index contributed by atoms with van der Waals surface area (Å²) >= 11 is 1.02. The highest BCUT2D eigenvalue weighted by atomic mass is 32.2. The minimum Gasteiger partial charge on any atom is -0.493 e. The number of nitrogens with zero attached hydrogens (tertiary/aromatic N) is 3. The minimum atomic E-state index is -0.724. The van der Waals surface area contributed by atoms with Gasteiger partial charge >= 0.3 is 0 Å². The molecule has 8 nitrogen and oxygen atoms in total. The smallest absolute Gasteiger partial charge is 0.262 e. The molecule has 3 N–H and O–H groups in total. The molecule has 10 heteroatoms. The van der Waals surface area contributed by atoms with E-state index in [9.17, 15) is 19.1 Å². The van der Waals surface area contributed by atoms with Crippen LogP contribution in [0, 0.1) is 12.7 Å². The Hall–Kier alpha value is -3.53. The Bertz CT molecular complexity index is 1200. The molecular weight excluding hydrogens is 409 g/mol. The van der Waals surface area contributed by atoms with Gasteiger partial charge in [-0.25, -0.2) is 4.39 Å². The van der Waals surface area contributed by atoms with Crippen LogP contribution in [-0.2, 0) is 9.59 Å². The van der Waals surface area contributed by atoms with Crippen LogP contribution in [0.25, 0.3) is 10.9 Å². The van der Waals surface area contributed by atoms with Crippen molar-refractivity contribution in [3.63, 3.8) is 0 Å². The van der Waals surface area contributed by atoms with E-state index in [1.165, 1.54) is 24.3 Å². The Morgan fingerprint density at radius 1 is 1.27 bits per heavy atom. The predicted octanol–water partition coefficient (Wildman–Crippen LogP) is 4.43. The van der Waals surface area contributed by atoms with E-state index in [0.29, 0.717) is 16.6 Å². The molecular formula is C20H16FN5O3S. The van der Waals surface area contributed by atoms with Gasteiger partial charge in [-0.2, -0.15) is 4.99 Å². The maximum absolute atomic E-state index is 12.9. The van der Waals surface area contributed by atoms with Gasteiger partial charge < -0.3 is 15.4 Å². The van der Waals surface area contributed by atoms with Crippen molar-refractivity contribution in [1.82, 2.24) is 4.98 Å². The second kappa shape index (κ2) is 8.07. The molecule has 1 aliphatic heterocycles. The molecule has 152 valence electrons. The number of carbonyl (C=O) groups excluding carboxylic acids is 2. The van der Waals surface area contributed by atoms with E-state index >= 15 is 0 Å². The quantitative estimate of drug-likeness (QED) is 0.536. The number of aryl methyl sites for hydroxylation is 1. The first-order chi connectivity index (χ1) is 14.4. The van der Waals surface area contributed by atoms with Crippen molar-refractivity contribution in [3.8, 4) is 5.88 Å². The van der Waals surface area contributed by atoms with Crippen LogP contribution >= 0.6 is 11.8 Å². The summed E-state index contributed by atoms with van der Waals surface area (Å²) in [6, 6.07) is 10.9. The number of aromatic nitrogens is 1. The second-order valence-corrected chi connectivity index (χ2v) is 7.84. The highest BCUT2D eigenvalue weighted by Gasteiger charge is 2.31. The van der Waals surface area contributed by atoms with Crippen molar-refractivity contribution >= 4 is 51.0 Å². The molecule has 0 saturated heterocycles. The lowest BCUT2D eigenvalue weighted by molar-refractivity contribution is -0.121. The van der Waals surface area contributed by atoms with Gasteiger partial charge in [0.05, 0.1) is 5.52 Å². The van der Waals surface area contributed by atoms with Crippen LogP contribution in [0.15, 0.2) is 57.7 Å². The van der Waals surface area contributed by atoms with Crippen molar-refractivity contribution in [3.05, 3.63) is 53.8 Å². The first kappa shape index (κ1) is 19.8. The van der Waals surface area contributed by atoms with E-state index in [0.717, 1.165) is 17.3 Å². The summed E-state index contributed by atoms with van der Waals surface area (Å²) in [7, 11) is 0. The number of hydrogen-bond acceptors (Lipinski definition) is 6. The number of carbonyl (C=O) groups is 2. The van der Waals surface area contributed by atoms with Crippen LogP contribution in [0.1, 0.15) is 12.0 Å². The Morgan fingerprint density at radius 2 is 2.03 bits per heavy atom. The third kappa shape index (κ3) is 4.23. The summed E-state index contributed by atoms with van der Waals surface area (Å²) in [4.78, 5) is 30.9. The molecule has 0 aliphatic carbocycles. The van der Waals surface area contributed by atoms with Crippen LogP contribution < -0.4 is 5.32 Å². The number of amidine groups is 1. The maximum Gasteiger partial charge on any atom is 0.262 e. The molecule has 1 atom stereocenters. The fraction of sp³-hybridized carbons (Fsp3) is 0.150. The fourth-order valence-corrected chi connectivity index (χ4v) is 3.80. The third-order valence-corrected chi connectivity index (χ3v) is 5.41. The monoisotopic (exact) mass is 425 g/mol. The Labute approximate surface area is 174 Å². The summed E-state index contributed by atoms with van der Waals surface area (Å²) in [5.41, 5.74) is 2.39.